The molecule has 0 spiro atoms. The highest BCUT2D eigenvalue weighted by molar-refractivity contribution is 9.10. The summed E-state index contributed by atoms with van der Waals surface area (Å²) in [4.78, 5) is 41.8. The van der Waals surface area contributed by atoms with E-state index in [2.05, 4.69) is 31.3 Å². The number of anilines is 1. The summed E-state index contributed by atoms with van der Waals surface area (Å²) >= 11 is 3.38. The minimum atomic E-state index is -0.637. The number of para-hydroxylation sites is 1. The van der Waals surface area contributed by atoms with Gasteiger partial charge in [0.1, 0.15) is 5.82 Å². The molecule has 41 heavy (non-hydrogen) atoms. The highest BCUT2D eigenvalue weighted by Gasteiger charge is 2.23. The molecular formula is C29H28BrN5O6. The van der Waals surface area contributed by atoms with Crippen LogP contribution < -0.4 is 20.3 Å². The maximum atomic E-state index is 13.3. The Bertz CT molecular complexity index is 1700. The second-order valence-electron chi connectivity index (χ2n) is 9.13. The van der Waals surface area contributed by atoms with E-state index in [-0.39, 0.29) is 22.6 Å². The molecule has 1 amide bonds. The quantitative estimate of drug-likeness (QED) is 0.130. The molecule has 0 unspecified atom stereocenters. The third-order valence-corrected chi connectivity index (χ3v) is 6.69. The van der Waals surface area contributed by atoms with Gasteiger partial charge in [0.25, 0.3) is 11.5 Å². The number of amides is 1. The van der Waals surface area contributed by atoms with Crippen LogP contribution in [0.1, 0.15) is 36.7 Å². The van der Waals surface area contributed by atoms with Gasteiger partial charge in [-0.3, -0.25) is 19.7 Å². The second-order valence-corrected chi connectivity index (χ2v) is 10.1. The number of hydrogen-bond donors (Lipinski definition) is 1. The Morgan fingerprint density at radius 3 is 2.71 bits per heavy atom. The molecule has 0 aliphatic carbocycles. The highest BCUT2D eigenvalue weighted by atomic mass is 79.9. The zero-order valence-electron chi connectivity index (χ0n) is 22.7. The van der Waals surface area contributed by atoms with Gasteiger partial charge in [0.05, 0.1) is 29.2 Å². The van der Waals surface area contributed by atoms with E-state index in [0.29, 0.717) is 28.8 Å². The number of aromatic nitrogens is 2. The lowest BCUT2D eigenvalue weighted by molar-refractivity contribution is -0.385. The van der Waals surface area contributed by atoms with Crippen molar-refractivity contribution in [2.45, 2.75) is 33.1 Å². The van der Waals surface area contributed by atoms with E-state index in [1.165, 1.54) is 30.1 Å². The second kappa shape index (κ2) is 13.2. The van der Waals surface area contributed by atoms with Crippen LogP contribution in [-0.4, -0.2) is 40.4 Å². The van der Waals surface area contributed by atoms with Crippen LogP contribution in [0.3, 0.4) is 0 Å². The van der Waals surface area contributed by atoms with Crippen LogP contribution in [-0.2, 0) is 11.2 Å². The van der Waals surface area contributed by atoms with Crippen molar-refractivity contribution < 1.29 is 19.2 Å². The van der Waals surface area contributed by atoms with Gasteiger partial charge < -0.3 is 14.8 Å². The fourth-order valence-corrected chi connectivity index (χ4v) is 4.45. The molecule has 1 heterocycles. The van der Waals surface area contributed by atoms with Crippen molar-refractivity contribution in [2.24, 2.45) is 5.10 Å². The van der Waals surface area contributed by atoms with Crippen molar-refractivity contribution >= 4 is 50.3 Å². The average molecular weight is 622 g/mol. The molecule has 4 rings (SSSR count). The van der Waals surface area contributed by atoms with Gasteiger partial charge in [-0.05, 0) is 49.2 Å². The predicted molar refractivity (Wildman–Crippen MR) is 160 cm³/mol. The first kappa shape index (κ1) is 29.4. The topological polar surface area (TPSA) is 138 Å². The summed E-state index contributed by atoms with van der Waals surface area (Å²) in [7, 11) is 1.33. The van der Waals surface area contributed by atoms with Crippen molar-refractivity contribution in [3.05, 3.63) is 96.5 Å². The maximum Gasteiger partial charge on any atom is 0.315 e. The molecule has 0 atom stereocenters. The number of ether oxygens (including phenoxy) is 2. The summed E-state index contributed by atoms with van der Waals surface area (Å²) in [6, 6.07) is 15.2. The zero-order valence-corrected chi connectivity index (χ0v) is 24.3. The Labute approximate surface area is 244 Å². The van der Waals surface area contributed by atoms with Gasteiger partial charge in [0.15, 0.2) is 12.4 Å². The van der Waals surface area contributed by atoms with E-state index in [1.54, 1.807) is 24.3 Å². The number of aryl methyl sites for hydroxylation is 2. The van der Waals surface area contributed by atoms with Gasteiger partial charge in [0, 0.05) is 28.2 Å². The lowest BCUT2D eigenvalue weighted by atomic mass is 10.2. The van der Waals surface area contributed by atoms with E-state index < -0.39 is 23.1 Å². The minimum Gasteiger partial charge on any atom is -0.493 e. The van der Waals surface area contributed by atoms with Gasteiger partial charge >= 0.3 is 5.69 Å². The van der Waals surface area contributed by atoms with E-state index in [0.717, 1.165) is 22.9 Å². The van der Waals surface area contributed by atoms with Crippen molar-refractivity contribution in [3.8, 4) is 11.5 Å². The summed E-state index contributed by atoms with van der Waals surface area (Å²) in [5.74, 6) is -0.184. The number of rotatable bonds is 11. The molecular weight excluding hydrogens is 594 g/mol. The standard InChI is InChI=1S/C29H28BrN5O6/c1-4-5-10-26-32-23-12-11-20(30)15-21(23)29(37)34(26)31-16-19-13-24(35(38)39)28(25(14-19)40-3)41-17-27(36)33-22-9-7-6-8-18(22)2/h6-9,11-16H,4-5,10,17H2,1-3H3,(H,33,36). The van der Waals surface area contributed by atoms with E-state index in [4.69, 9.17) is 9.47 Å². The molecule has 4 aromatic rings. The van der Waals surface area contributed by atoms with Gasteiger partial charge in [-0.15, -0.1) is 0 Å². The number of unbranched alkanes of at least 4 members (excludes halogenated alkanes) is 1. The van der Waals surface area contributed by atoms with Crippen LogP contribution in [0.15, 0.2) is 69.0 Å². The average Bonchev–Trinajstić information content (AvgIpc) is 2.95. The summed E-state index contributed by atoms with van der Waals surface area (Å²) in [5, 5.41) is 19.4. The van der Waals surface area contributed by atoms with Crippen LogP contribution in [0.5, 0.6) is 11.5 Å². The Kier molecular flexibility index (Phi) is 9.45. The Morgan fingerprint density at radius 2 is 2.00 bits per heavy atom. The van der Waals surface area contributed by atoms with Crippen molar-refractivity contribution in [1.29, 1.82) is 0 Å². The summed E-state index contributed by atoms with van der Waals surface area (Å²) in [6.07, 6.45) is 3.54. The Balaban J connectivity index is 1.66. The number of methoxy groups -OCH3 is 1. The molecule has 3 aromatic carbocycles. The minimum absolute atomic E-state index is 0.0310. The Hall–Kier alpha value is -4.58. The van der Waals surface area contributed by atoms with Crippen LogP contribution in [0.4, 0.5) is 11.4 Å². The summed E-state index contributed by atoms with van der Waals surface area (Å²) in [5.41, 5.74) is 1.53. The largest absolute Gasteiger partial charge is 0.493 e. The molecule has 11 nitrogen and oxygen atoms in total. The maximum absolute atomic E-state index is 13.3. The first-order chi connectivity index (χ1) is 19.7. The molecule has 1 N–H and O–H groups in total. The zero-order chi connectivity index (χ0) is 29.5. The number of nitro benzene ring substituents is 1. The van der Waals surface area contributed by atoms with Crippen molar-refractivity contribution in [3.63, 3.8) is 0 Å². The smallest absolute Gasteiger partial charge is 0.315 e. The third kappa shape index (κ3) is 6.95. The van der Waals surface area contributed by atoms with Gasteiger partial charge in [-0.1, -0.05) is 47.5 Å². The fraction of sp³-hybridized carbons (Fsp3) is 0.241. The first-order valence-corrected chi connectivity index (χ1v) is 13.6. The highest BCUT2D eigenvalue weighted by Crippen LogP contribution is 2.38. The number of carbonyl (C=O) groups excluding carboxylic acids is 1. The van der Waals surface area contributed by atoms with E-state index >= 15 is 0 Å². The van der Waals surface area contributed by atoms with Crippen molar-refractivity contribution in [1.82, 2.24) is 9.66 Å². The van der Waals surface area contributed by atoms with Crippen LogP contribution >= 0.6 is 15.9 Å². The number of nitrogens with zero attached hydrogens (tertiary/aromatic N) is 4. The fourth-order valence-electron chi connectivity index (χ4n) is 4.09. The van der Waals surface area contributed by atoms with Crippen LogP contribution in [0.2, 0.25) is 0 Å². The molecule has 12 heteroatoms. The molecule has 212 valence electrons. The van der Waals surface area contributed by atoms with E-state index in [1.807, 2.05) is 32.0 Å². The predicted octanol–water partition coefficient (Wildman–Crippen LogP) is 5.63. The van der Waals surface area contributed by atoms with Gasteiger partial charge in [0.2, 0.25) is 5.75 Å². The number of halogens is 1. The number of nitrogens with one attached hydrogen (secondary N) is 1. The summed E-state index contributed by atoms with van der Waals surface area (Å²) in [6.45, 7) is 3.40. The first-order valence-electron chi connectivity index (χ1n) is 12.8. The number of benzene rings is 3. The lowest BCUT2D eigenvalue weighted by Crippen LogP contribution is -2.22. The van der Waals surface area contributed by atoms with Crippen molar-refractivity contribution in [2.75, 3.05) is 19.0 Å². The lowest BCUT2D eigenvalue weighted by Gasteiger charge is -2.13. The van der Waals surface area contributed by atoms with E-state index in [9.17, 15) is 19.7 Å². The molecule has 0 saturated heterocycles. The molecule has 1 aromatic heterocycles. The number of nitro groups is 1. The monoisotopic (exact) mass is 621 g/mol. The molecule has 0 radical (unpaired) electrons. The van der Waals surface area contributed by atoms with Gasteiger partial charge in [-0.2, -0.15) is 9.78 Å². The molecule has 0 saturated carbocycles. The Morgan fingerprint density at radius 1 is 1.22 bits per heavy atom. The number of carbonyl (C=O) groups is 1. The van der Waals surface area contributed by atoms with Gasteiger partial charge in [-0.25, -0.2) is 4.98 Å². The molecule has 0 aliphatic rings. The normalized spacial score (nSPS) is 11.1. The SMILES string of the molecule is CCCCc1nc2ccc(Br)cc2c(=O)n1N=Cc1cc(OC)c(OCC(=O)Nc2ccccc2C)c([N+](=O)[O-])c1. The molecule has 0 aliphatic heterocycles. The third-order valence-electron chi connectivity index (χ3n) is 6.19. The summed E-state index contributed by atoms with van der Waals surface area (Å²) < 4.78 is 12.9. The van der Waals surface area contributed by atoms with Crippen LogP contribution in [0, 0.1) is 17.0 Å². The van der Waals surface area contributed by atoms with Crippen LogP contribution in [0.25, 0.3) is 10.9 Å². The molecule has 0 bridgehead atoms. The number of hydrogen-bond acceptors (Lipinski definition) is 8. The molecule has 0 fully saturated rings. The number of fused-ring (bicyclic) bond motifs is 1.